The maximum Gasteiger partial charge on any atom is 0.277 e. The first-order valence-corrected chi connectivity index (χ1v) is 8.56. The first-order chi connectivity index (χ1) is 11.2. The highest BCUT2D eigenvalue weighted by Gasteiger charge is 2.11. The van der Waals surface area contributed by atoms with Crippen LogP contribution in [0.5, 0.6) is 0 Å². The van der Waals surface area contributed by atoms with Crippen molar-refractivity contribution in [3.8, 4) is 11.5 Å². The fourth-order valence-electron chi connectivity index (χ4n) is 1.82. The normalized spacial score (nSPS) is 10.5. The minimum absolute atomic E-state index is 0.128. The molecular weight excluding hydrogens is 378 g/mol. The summed E-state index contributed by atoms with van der Waals surface area (Å²) >= 11 is 4.55. The van der Waals surface area contributed by atoms with E-state index in [4.69, 9.17) is 4.42 Å². The summed E-state index contributed by atoms with van der Waals surface area (Å²) in [5.41, 5.74) is 1.60. The monoisotopic (exact) mass is 389 g/mol. The molecule has 1 N–H and O–H groups in total. The second-order valence-corrected chi connectivity index (χ2v) is 6.43. The van der Waals surface area contributed by atoms with Crippen molar-refractivity contribution >= 4 is 39.3 Å². The Balaban J connectivity index is 1.55. The van der Waals surface area contributed by atoms with Crippen molar-refractivity contribution in [1.82, 2.24) is 10.2 Å². The Morgan fingerprint density at radius 1 is 1.09 bits per heavy atom. The topological polar surface area (TPSA) is 68.0 Å². The van der Waals surface area contributed by atoms with E-state index >= 15 is 0 Å². The lowest BCUT2D eigenvalue weighted by atomic mass is 10.2. The number of nitrogens with zero attached hydrogens (tertiary/aromatic N) is 2. The van der Waals surface area contributed by atoms with E-state index in [1.165, 1.54) is 11.8 Å². The number of thioether (sulfide) groups is 1. The third-order valence-corrected chi connectivity index (χ3v) is 4.23. The van der Waals surface area contributed by atoms with E-state index in [9.17, 15) is 4.79 Å². The van der Waals surface area contributed by atoms with Crippen LogP contribution in [0, 0.1) is 0 Å². The molecule has 116 valence electrons. The van der Waals surface area contributed by atoms with Gasteiger partial charge >= 0.3 is 0 Å². The van der Waals surface area contributed by atoms with E-state index in [2.05, 4.69) is 31.4 Å². The lowest BCUT2D eigenvalue weighted by molar-refractivity contribution is -0.113. The Morgan fingerprint density at radius 3 is 2.57 bits per heavy atom. The van der Waals surface area contributed by atoms with Gasteiger partial charge in [0, 0.05) is 15.7 Å². The van der Waals surface area contributed by atoms with Crippen molar-refractivity contribution in [2.75, 3.05) is 11.1 Å². The zero-order valence-corrected chi connectivity index (χ0v) is 14.3. The van der Waals surface area contributed by atoms with E-state index in [1.807, 2.05) is 54.6 Å². The van der Waals surface area contributed by atoms with Gasteiger partial charge in [-0.3, -0.25) is 4.79 Å². The third kappa shape index (κ3) is 4.43. The maximum absolute atomic E-state index is 11.9. The third-order valence-electron chi connectivity index (χ3n) is 2.88. The predicted octanol–water partition coefficient (Wildman–Crippen LogP) is 4.23. The minimum atomic E-state index is -0.128. The van der Waals surface area contributed by atoms with Gasteiger partial charge in [0.15, 0.2) is 0 Å². The quantitative estimate of drug-likeness (QED) is 0.661. The first-order valence-electron chi connectivity index (χ1n) is 6.78. The number of carbonyl (C=O) groups excluding carboxylic acids is 1. The molecule has 0 atom stereocenters. The van der Waals surface area contributed by atoms with Gasteiger partial charge in [-0.15, -0.1) is 10.2 Å². The van der Waals surface area contributed by atoms with Gasteiger partial charge in [0.2, 0.25) is 11.8 Å². The number of hydrogen-bond donors (Lipinski definition) is 1. The number of anilines is 1. The van der Waals surface area contributed by atoms with Crippen molar-refractivity contribution in [3.63, 3.8) is 0 Å². The van der Waals surface area contributed by atoms with Crippen molar-refractivity contribution in [1.29, 1.82) is 0 Å². The summed E-state index contributed by atoms with van der Waals surface area (Å²) in [7, 11) is 0. The van der Waals surface area contributed by atoms with Crippen molar-refractivity contribution in [3.05, 3.63) is 59.1 Å². The second-order valence-electron chi connectivity index (χ2n) is 4.58. The molecule has 0 bridgehead atoms. The summed E-state index contributed by atoms with van der Waals surface area (Å²) in [5, 5.41) is 11.1. The molecule has 0 aliphatic rings. The SMILES string of the molecule is O=C(CSc1nnc(-c2ccccc2)o1)Nc1ccc(Br)cc1. The van der Waals surface area contributed by atoms with Crippen LogP contribution in [-0.2, 0) is 4.79 Å². The van der Waals surface area contributed by atoms with E-state index in [0.29, 0.717) is 11.1 Å². The number of nitrogens with one attached hydrogen (secondary N) is 1. The Bertz CT molecular complexity index is 791. The number of amides is 1. The molecule has 0 spiro atoms. The average Bonchev–Trinajstić information content (AvgIpc) is 3.05. The number of carbonyl (C=O) groups is 1. The van der Waals surface area contributed by atoms with Gasteiger partial charge in [-0.1, -0.05) is 45.9 Å². The number of rotatable bonds is 5. The maximum atomic E-state index is 11.9. The summed E-state index contributed by atoms with van der Waals surface area (Å²) in [6.07, 6.45) is 0. The molecule has 23 heavy (non-hydrogen) atoms. The van der Waals surface area contributed by atoms with Gasteiger partial charge in [0.1, 0.15) is 0 Å². The number of aromatic nitrogens is 2. The Kier molecular flexibility index (Phi) is 5.09. The smallest absolute Gasteiger partial charge is 0.277 e. The fourth-order valence-corrected chi connectivity index (χ4v) is 2.65. The molecule has 0 saturated carbocycles. The van der Waals surface area contributed by atoms with Crippen LogP contribution in [0.3, 0.4) is 0 Å². The van der Waals surface area contributed by atoms with E-state index in [-0.39, 0.29) is 11.7 Å². The van der Waals surface area contributed by atoms with Crippen molar-refractivity contribution < 1.29 is 9.21 Å². The number of halogens is 1. The molecular formula is C16H12BrN3O2S. The molecule has 0 saturated heterocycles. The summed E-state index contributed by atoms with van der Waals surface area (Å²) in [6, 6.07) is 16.9. The summed E-state index contributed by atoms with van der Waals surface area (Å²) in [4.78, 5) is 11.9. The molecule has 1 heterocycles. The summed E-state index contributed by atoms with van der Waals surface area (Å²) < 4.78 is 6.50. The summed E-state index contributed by atoms with van der Waals surface area (Å²) in [6.45, 7) is 0. The minimum Gasteiger partial charge on any atom is -0.411 e. The predicted molar refractivity (Wildman–Crippen MR) is 93.2 cm³/mol. The Hall–Kier alpha value is -2.12. The Morgan fingerprint density at radius 2 is 1.83 bits per heavy atom. The standard InChI is InChI=1S/C16H12BrN3O2S/c17-12-6-8-13(9-7-12)18-14(21)10-23-16-20-19-15(22-16)11-4-2-1-3-5-11/h1-9H,10H2,(H,18,21). The fraction of sp³-hybridized carbons (Fsp3) is 0.0625. The highest BCUT2D eigenvalue weighted by molar-refractivity contribution is 9.10. The number of benzene rings is 2. The van der Waals surface area contributed by atoms with Crippen LogP contribution in [-0.4, -0.2) is 21.9 Å². The van der Waals surface area contributed by atoms with Crippen LogP contribution in [0.4, 0.5) is 5.69 Å². The largest absolute Gasteiger partial charge is 0.411 e. The average molecular weight is 390 g/mol. The molecule has 0 aliphatic carbocycles. The molecule has 1 aromatic heterocycles. The van der Waals surface area contributed by atoms with Crippen LogP contribution in [0.2, 0.25) is 0 Å². The van der Waals surface area contributed by atoms with Gasteiger partial charge in [-0.2, -0.15) is 0 Å². The lowest BCUT2D eigenvalue weighted by Gasteiger charge is -2.03. The van der Waals surface area contributed by atoms with Crippen molar-refractivity contribution in [2.24, 2.45) is 0 Å². The van der Waals surface area contributed by atoms with Gasteiger partial charge in [-0.05, 0) is 36.4 Å². The van der Waals surface area contributed by atoms with Crippen molar-refractivity contribution in [2.45, 2.75) is 5.22 Å². The van der Waals surface area contributed by atoms with Gasteiger partial charge in [-0.25, -0.2) is 0 Å². The van der Waals surface area contributed by atoms with Crippen LogP contribution < -0.4 is 5.32 Å². The highest BCUT2D eigenvalue weighted by atomic mass is 79.9. The van der Waals surface area contributed by atoms with Crippen LogP contribution in [0.15, 0.2) is 68.7 Å². The molecule has 0 aliphatic heterocycles. The van der Waals surface area contributed by atoms with Crippen LogP contribution in [0.25, 0.3) is 11.5 Å². The highest BCUT2D eigenvalue weighted by Crippen LogP contribution is 2.23. The molecule has 3 rings (SSSR count). The van der Waals surface area contributed by atoms with Gasteiger partial charge < -0.3 is 9.73 Å². The zero-order valence-electron chi connectivity index (χ0n) is 11.9. The molecule has 3 aromatic rings. The molecule has 0 unspecified atom stereocenters. The lowest BCUT2D eigenvalue weighted by Crippen LogP contribution is -2.13. The molecule has 5 nitrogen and oxygen atoms in total. The van der Waals surface area contributed by atoms with E-state index < -0.39 is 0 Å². The first kappa shape index (κ1) is 15.8. The van der Waals surface area contributed by atoms with Crippen LogP contribution >= 0.6 is 27.7 Å². The molecule has 7 heteroatoms. The second kappa shape index (κ2) is 7.43. The molecule has 2 aromatic carbocycles. The van der Waals surface area contributed by atoms with E-state index in [0.717, 1.165) is 15.7 Å². The summed E-state index contributed by atoms with van der Waals surface area (Å²) in [5.74, 6) is 0.519. The van der Waals surface area contributed by atoms with Crippen LogP contribution in [0.1, 0.15) is 0 Å². The zero-order chi connectivity index (χ0) is 16.1. The Labute approximate surface area is 145 Å². The molecule has 0 radical (unpaired) electrons. The van der Waals surface area contributed by atoms with Gasteiger partial charge in [0.05, 0.1) is 5.75 Å². The molecule has 0 fully saturated rings. The van der Waals surface area contributed by atoms with Gasteiger partial charge in [0.25, 0.3) is 5.22 Å². The molecule has 1 amide bonds. The number of hydrogen-bond acceptors (Lipinski definition) is 5. The van der Waals surface area contributed by atoms with E-state index in [1.54, 1.807) is 0 Å².